The predicted molar refractivity (Wildman–Crippen MR) is 107 cm³/mol. The molecule has 0 bridgehead atoms. The first-order chi connectivity index (χ1) is 12.1. The summed E-state index contributed by atoms with van der Waals surface area (Å²) in [6.45, 7) is 2.23. The maximum atomic E-state index is 12.8. The van der Waals surface area contributed by atoms with Crippen molar-refractivity contribution in [1.82, 2.24) is 10.3 Å². The number of benzene rings is 1. The third-order valence-electron chi connectivity index (χ3n) is 4.71. The predicted octanol–water partition coefficient (Wildman–Crippen LogP) is 5.44. The van der Waals surface area contributed by atoms with Crippen LogP contribution < -0.4 is 5.32 Å². The maximum Gasteiger partial charge on any atom is 0.254 e. The van der Waals surface area contributed by atoms with E-state index in [9.17, 15) is 4.79 Å². The summed E-state index contributed by atoms with van der Waals surface area (Å²) in [4.78, 5) is 17.2. The fourth-order valence-corrected chi connectivity index (χ4v) is 4.62. The molecular formula is C20H23BrN2OS. The van der Waals surface area contributed by atoms with Gasteiger partial charge in [0.1, 0.15) is 5.03 Å². The van der Waals surface area contributed by atoms with Gasteiger partial charge in [-0.1, -0.05) is 47.8 Å². The Morgan fingerprint density at radius 2 is 2.12 bits per heavy atom. The zero-order valence-corrected chi connectivity index (χ0v) is 16.8. The number of aromatic nitrogens is 1. The Morgan fingerprint density at radius 1 is 1.28 bits per heavy atom. The maximum absolute atomic E-state index is 12.8. The number of hydrogen-bond donors (Lipinski definition) is 1. The number of carbonyl (C=O) groups is 1. The highest BCUT2D eigenvalue weighted by Gasteiger charge is 2.24. The van der Waals surface area contributed by atoms with Gasteiger partial charge in [-0.25, -0.2) is 4.98 Å². The monoisotopic (exact) mass is 418 g/mol. The molecule has 0 aliphatic heterocycles. The standard InChI is InChI=1S/C20H23BrN2OS/c1-14-6-2-3-10-18(14)23-19(24)17-9-5-11-22-20(17)25-13-15-7-4-8-16(21)12-15/h4-5,7-9,11-12,14,18H,2-3,6,10,13H2,1H3,(H,23,24). The fraction of sp³-hybridized carbons (Fsp3) is 0.400. The van der Waals surface area contributed by atoms with E-state index >= 15 is 0 Å². The van der Waals surface area contributed by atoms with E-state index in [1.165, 1.54) is 24.8 Å². The molecule has 1 heterocycles. The summed E-state index contributed by atoms with van der Waals surface area (Å²) in [7, 11) is 0. The van der Waals surface area contributed by atoms with E-state index in [2.05, 4.69) is 45.3 Å². The van der Waals surface area contributed by atoms with Crippen molar-refractivity contribution in [2.45, 2.75) is 49.4 Å². The molecule has 1 amide bonds. The summed E-state index contributed by atoms with van der Waals surface area (Å²) in [5, 5.41) is 4.03. The summed E-state index contributed by atoms with van der Waals surface area (Å²) in [6.07, 6.45) is 6.50. The molecule has 3 nitrogen and oxygen atoms in total. The van der Waals surface area contributed by atoms with Crippen molar-refractivity contribution < 1.29 is 4.79 Å². The van der Waals surface area contributed by atoms with Gasteiger partial charge >= 0.3 is 0 Å². The molecule has 2 unspecified atom stereocenters. The van der Waals surface area contributed by atoms with Crippen LogP contribution in [0.3, 0.4) is 0 Å². The van der Waals surface area contributed by atoms with Crippen molar-refractivity contribution in [2.75, 3.05) is 0 Å². The molecule has 3 rings (SSSR count). The number of pyridine rings is 1. The van der Waals surface area contributed by atoms with Gasteiger partial charge in [0.25, 0.3) is 5.91 Å². The Labute approximate surface area is 162 Å². The van der Waals surface area contributed by atoms with Crippen molar-refractivity contribution in [3.8, 4) is 0 Å². The molecule has 1 saturated carbocycles. The zero-order valence-electron chi connectivity index (χ0n) is 14.4. The molecule has 1 aliphatic rings. The molecule has 1 aliphatic carbocycles. The minimum Gasteiger partial charge on any atom is -0.349 e. The largest absolute Gasteiger partial charge is 0.349 e. The van der Waals surface area contributed by atoms with E-state index in [1.807, 2.05) is 24.3 Å². The van der Waals surface area contributed by atoms with Gasteiger partial charge in [-0.15, -0.1) is 11.8 Å². The third kappa shape index (κ3) is 5.08. The Morgan fingerprint density at radius 3 is 2.92 bits per heavy atom. The number of hydrogen-bond acceptors (Lipinski definition) is 3. The van der Waals surface area contributed by atoms with Gasteiger partial charge in [0.15, 0.2) is 0 Å². The van der Waals surface area contributed by atoms with Crippen LogP contribution in [0.1, 0.15) is 48.5 Å². The Kier molecular flexibility index (Phi) is 6.54. The van der Waals surface area contributed by atoms with Crippen LogP contribution in [0, 0.1) is 5.92 Å². The molecule has 1 fully saturated rings. The second-order valence-electron chi connectivity index (χ2n) is 6.62. The van der Waals surface area contributed by atoms with Gasteiger partial charge < -0.3 is 5.32 Å². The van der Waals surface area contributed by atoms with E-state index in [0.717, 1.165) is 21.7 Å². The SMILES string of the molecule is CC1CCCCC1NC(=O)c1cccnc1SCc1cccc(Br)c1. The van der Waals surface area contributed by atoms with Crippen molar-refractivity contribution in [1.29, 1.82) is 0 Å². The molecule has 2 aromatic rings. The van der Waals surface area contributed by atoms with Crippen LogP contribution in [0.5, 0.6) is 0 Å². The number of carbonyl (C=O) groups excluding carboxylic acids is 1. The highest BCUT2D eigenvalue weighted by molar-refractivity contribution is 9.10. The molecule has 0 radical (unpaired) electrons. The van der Waals surface area contributed by atoms with Crippen LogP contribution in [0.25, 0.3) is 0 Å². The van der Waals surface area contributed by atoms with Crippen molar-refractivity contribution in [2.24, 2.45) is 5.92 Å². The highest BCUT2D eigenvalue weighted by atomic mass is 79.9. The Balaban J connectivity index is 1.68. The first-order valence-corrected chi connectivity index (χ1v) is 10.5. The molecule has 132 valence electrons. The summed E-state index contributed by atoms with van der Waals surface area (Å²) >= 11 is 5.11. The number of thioether (sulfide) groups is 1. The lowest BCUT2D eigenvalue weighted by atomic mass is 9.86. The van der Waals surface area contributed by atoms with Crippen molar-refractivity contribution in [3.63, 3.8) is 0 Å². The smallest absolute Gasteiger partial charge is 0.254 e. The molecule has 1 N–H and O–H groups in total. The molecule has 1 aromatic heterocycles. The van der Waals surface area contributed by atoms with Crippen LogP contribution in [0.15, 0.2) is 52.1 Å². The average molecular weight is 419 g/mol. The van der Waals surface area contributed by atoms with E-state index < -0.39 is 0 Å². The van der Waals surface area contributed by atoms with Gasteiger partial charge in [-0.3, -0.25) is 4.79 Å². The number of amides is 1. The second-order valence-corrected chi connectivity index (χ2v) is 8.50. The Hall–Kier alpha value is -1.33. The molecule has 1 aromatic carbocycles. The van der Waals surface area contributed by atoms with E-state index in [-0.39, 0.29) is 11.9 Å². The average Bonchev–Trinajstić information content (AvgIpc) is 2.62. The number of nitrogens with zero attached hydrogens (tertiary/aromatic N) is 1. The fourth-order valence-electron chi connectivity index (χ4n) is 3.23. The van der Waals surface area contributed by atoms with Crippen LogP contribution in [-0.2, 0) is 5.75 Å². The summed E-state index contributed by atoms with van der Waals surface area (Å²) < 4.78 is 1.07. The lowest BCUT2D eigenvalue weighted by Gasteiger charge is -2.29. The first-order valence-electron chi connectivity index (χ1n) is 8.76. The van der Waals surface area contributed by atoms with E-state index in [0.29, 0.717) is 11.5 Å². The highest BCUT2D eigenvalue weighted by Crippen LogP contribution is 2.27. The number of halogens is 1. The third-order valence-corrected chi connectivity index (χ3v) is 6.28. The van der Waals surface area contributed by atoms with Gasteiger partial charge in [-0.2, -0.15) is 0 Å². The number of rotatable bonds is 5. The molecule has 0 spiro atoms. The van der Waals surface area contributed by atoms with Crippen LogP contribution in [0.2, 0.25) is 0 Å². The minimum atomic E-state index is 0.00333. The van der Waals surface area contributed by atoms with Gasteiger partial charge in [0, 0.05) is 22.5 Å². The van der Waals surface area contributed by atoms with Gasteiger partial charge in [-0.05, 0) is 48.6 Å². The quantitative estimate of drug-likeness (QED) is 0.656. The van der Waals surface area contributed by atoms with Crippen molar-refractivity contribution >= 4 is 33.6 Å². The molecular weight excluding hydrogens is 396 g/mol. The second kappa shape index (κ2) is 8.86. The summed E-state index contributed by atoms with van der Waals surface area (Å²) in [6, 6.07) is 12.2. The lowest BCUT2D eigenvalue weighted by molar-refractivity contribution is 0.0906. The van der Waals surface area contributed by atoms with Crippen LogP contribution >= 0.6 is 27.7 Å². The molecule has 0 saturated heterocycles. The van der Waals surface area contributed by atoms with Crippen LogP contribution in [-0.4, -0.2) is 16.9 Å². The lowest BCUT2D eigenvalue weighted by Crippen LogP contribution is -2.41. The van der Waals surface area contributed by atoms with Gasteiger partial charge in [0.2, 0.25) is 0 Å². The normalized spacial score (nSPS) is 20.2. The molecule has 2 atom stereocenters. The molecule has 5 heteroatoms. The van der Waals surface area contributed by atoms with Crippen molar-refractivity contribution in [3.05, 3.63) is 58.2 Å². The molecule has 25 heavy (non-hydrogen) atoms. The van der Waals surface area contributed by atoms with E-state index in [1.54, 1.807) is 18.0 Å². The summed E-state index contributed by atoms with van der Waals surface area (Å²) in [5.41, 5.74) is 1.89. The number of nitrogens with one attached hydrogen (secondary N) is 1. The minimum absolute atomic E-state index is 0.00333. The topological polar surface area (TPSA) is 42.0 Å². The zero-order chi connectivity index (χ0) is 17.6. The van der Waals surface area contributed by atoms with Gasteiger partial charge in [0.05, 0.1) is 5.56 Å². The Bertz CT molecular complexity index is 737. The summed E-state index contributed by atoms with van der Waals surface area (Å²) in [5.74, 6) is 1.34. The van der Waals surface area contributed by atoms with Crippen LogP contribution in [0.4, 0.5) is 0 Å². The first kappa shape index (κ1) is 18.5. The van der Waals surface area contributed by atoms with E-state index in [4.69, 9.17) is 0 Å².